The topological polar surface area (TPSA) is 79.2 Å². The molecule has 0 aromatic carbocycles. The lowest BCUT2D eigenvalue weighted by Gasteiger charge is -2.15. The van der Waals surface area contributed by atoms with Crippen LogP contribution in [-0.4, -0.2) is 24.0 Å². The number of aromatic amines is 1. The van der Waals surface area contributed by atoms with Crippen molar-refractivity contribution in [3.63, 3.8) is 0 Å². The van der Waals surface area contributed by atoms with E-state index in [1.54, 1.807) is 0 Å². The Hall–Kier alpha value is -1.33. The number of hydrogen-bond acceptors (Lipinski definition) is 3. The molecule has 0 radical (unpaired) electrons. The Morgan fingerprint density at radius 2 is 2.31 bits per heavy atom. The minimum atomic E-state index is -0.310. The smallest absolute Gasteiger partial charge is 0.272 e. The average molecular weight is 242 g/mol. The van der Waals surface area contributed by atoms with Crippen LogP contribution in [0.2, 0.25) is 5.02 Å². The summed E-state index contributed by atoms with van der Waals surface area (Å²) in [5, 5.41) is 0.401. The number of nitrogens with two attached hydrogens (primary N) is 1. The van der Waals surface area contributed by atoms with Gasteiger partial charge in [-0.3, -0.25) is 9.59 Å². The van der Waals surface area contributed by atoms with Gasteiger partial charge in [-0.25, -0.2) is 0 Å². The van der Waals surface area contributed by atoms with Crippen LogP contribution in [0, 0.1) is 5.92 Å². The fraction of sp³-hybridized carbons (Fsp3) is 0.400. The zero-order valence-corrected chi connectivity index (χ0v) is 9.33. The largest absolute Gasteiger partial charge is 0.330 e. The van der Waals surface area contributed by atoms with E-state index in [1.807, 2.05) is 0 Å². The number of nitrogens with zero attached hydrogens (tertiary/aromatic N) is 1. The standard InChI is InChI=1S/C10H12ClN3O2/c11-7-2-8(10(16)13-4-7)14-5-6(3-12)1-9(14)15/h2,4,6H,1,3,5,12H2,(H,13,16). The lowest BCUT2D eigenvalue weighted by Crippen LogP contribution is -2.30. The Bertz CT molecular complexity index is 471. The maximum atomic E-state index is 11.7. The molecule has 86 valence electrons. The van der Waals surface area contributed by atoms with Crippen LogP contribution in [0.15, 0.2) is 17.1 Å². The van der Waals surface area contributed by atoms with Gasteiger partial charge >= 0.3 is 0 Å². The van der Waals surface area contributed by atoms with Crippen LogP contribution in [0.25, 0.3) is 0 Å². The van der Waals surface area contributed by atoms with Crippen LogP contribution in [0.3, 0.4) is 0 Å². The third kappa shape index (κ3) is 1.96. The molecule has 5 nitrogen and oxygen atoms in total. The van der Waals surface area contributed by atoms with Crippen molar-refractivity contribution >= 4 is 23.2 Å². The molecule has 0 bridgehead atoms. The molecular formula is C10H12ClN3O2. The Morgan fingerprint density at radius 3 is 2.94 bits per heavy atom. The highest BCUT2D eigenvalue weighted by molar-refractivity contribution is 6.30. The van der Waals surface area contributed by atoms with E-state index in [4.69, 9.17) is 17.3 Å². The molecule has 1 saturated heterocycles. The summed E-state index contributed by atoms with van der Waals surface area (Å²) in [6.07, 6.45) is 1.79. The summed E-state index contributed by atoms with van der Waals surface area (Å²) in [6, 6.07) is 1.50. The van der Waals surface area contributed by atoms with Crippen molar-refractivity contribution < 1.29 is 4.79 Å². The third-order valence-corrected chi connectivity index (χ3v) is 2.90. The van der Waals surface area contributed by atoms with Crippen molar-refractivity contribution in [2.24, 2.45) is 11.7 Å². The number of H-pyrrole nitrogens is 1. The Kier molecular flexibility index (Phi) is 2.98. The van der Waals surface area contributed by atoms with Crippen LogP contribution in [0.1, 0.15) is 6.42 Å². The lowest BCUT2D eigenvalue weighted by atomic mass is 10.1. The van der Waals surface area contributed by atoms with E-state index >= 15 is 0 Å². The molecule has 1 aromatic heterocycles. The second-order valence-electron chi connectivity index (χ2n) is 3.84. The number of aromatic nitrogens is 1. The Balaban J connectivity index is 2.34. The lowest BCUT2D eigenvalue weighted by molar-refractivity contribution is -0.117. The molecule has 3 N–H and O–H groups in total. The summed E-state index contributed by atoms with van der Waals surface area (Å²) >= 11 is 5.78. The molecule has 2 heterocycles. The van der Waals surface area contributed by atoms with Crippen molar-refractivity contribution in [3.8, 4) is 0 Å². The minimum Gasteiger partial charge on any atom is -0.330 e. The van der Waals surface area contributed by atoms with Crippen molar-refractivity contribution in [1.29, 1.82) is 0 Å². The first-order valence-electron chi connectivity index (χ1n) is 5.00. The minimum absolute atomic E-state index is 0.0804. The van der Waals surface area contributed by atoms with Crippen molar-refractivity contribution in [2.45, 2.75) is 6.42 Å². The van der Waals surface area contributed by atoms with E-state index in [0.717, 1.165) is 0 Å². The second-order valence-corrected chi connectivity index (χ2v) is 4.28. The first-order valence-corrected chi connectivity index (χ1v) is 5.38. The summed E-state index contributed by atoms with van der Waals surface area (Å²) in [6.45, 7) is 0.930. The number of rotatable bonds is 2. The van der Waals surface area contributed by atoms with Crippen LogP contribution in [-0.2, 0) is 4.79 Å². The molecule has 6 heteroatoms. The van der Waals surface area contributed by atoms with Gasteiger partial charge in [0, 0.05) is 19.2 Å². The third-order valence-electron chi connectivity index (χ3n) is 2.68. The molecule has 2 rings (SSSR count). The van der Waals surface area contributed by atoms with E-state index in [-0.39, 0.29) is 17.4 Å². The summed E-state index contributed by atoms with van der Waals surface area (Å²) < 4.78 is 0. The highest BCUT2D eigenvalue weighted by Crippen LogP contribution is 2.23. The predicted molar refractivity (Wildman–Crippen MR) is 61.6 cm³/mol. The van der Waals surface area contributed by atoms with Gasteiger partial charge in [0.25, 0.3) is 5.56 Å². The molecule has 1 aliphatic rings. The van der Waals surface area contributed by atoms with Crippen molar-refractivity contribution in [1.82, 2.24) is 4.98 Å². The number of nitrogens with one attached hydrogen (secondary N) is 1. The molecule has 1 aromatic rings. The summed E-state index contributed by atoms with van der Waals surface area (Å²) in [5.74, 6) is 0.0362. The Morgan fingerprint density at radius 1 is 1.56 bits per heavy atom. The zero-order valence-electron chi connectivity index (χ0n) is 8.57. The fourth-order valence-corrected chi connectivity index (χ4v) is 1.98. The number of hydrogen-bond donors (Lipinski definition) is 2. The van der Waals surface area contributed by atoms with Gasteiger partial charge in [-0.15, -0.1) is 0 Å². The first-order chi connectivity index (χ1) is 7.61. The summed E-state index contributed by atoms with van der Waals surface area (Å²) in [5.41, 5.74) is 5.50. The number of pyridine rings is 1. The zero-order chi connectivity index (χ0) is 11.7. The van der Waals surface area contributed by atoms with Gasteiger partial charge < -0.3 is 15.6 Å². The second kappa shape index (κ2) is 4.27. The van der Waals surface area contributed by atoms with Gasteiger partial charge in [-0.1, -0.05) is 11.6 Å². The van der Waals surface area contributed by atoms with E-state index in [0.29, 0.717) is 30.2 Å². The number of halogens is 1. The maximum absolute atomic E-state index is 11.7. The molecule has 0 saturated carbocycles. The van der Waals surface area contributed by atoms with E-state index < -0.39 is 0 Å². The molecule has 1 aliphatic heterocycles. The predicted octanol–water partition coefficient (Wildman–Crippen LogP) is 0.340. The molecule has 0 aliphatic carbocycles. The molecule has 1 atom stereocenters. The highest BCUT2D eigenvalue weighted by Gasteiger charge is 2.31. The van der Waals surface area contributed by atoms with Crippen LogP contribution >= 0.6 is 11.6 Å². The van der Waals surface area contributed by atoms with Gasteiger partial charge in [-0.2, -0.15) is 0 Å². The van der Waals surface area contributed by atoms with Gasteiger partial charge in [0.15, 0.2) is 0 Å². The number of anilines is 1. The summed E-state index contributed by atoms with van der Waals surface area (Å²) in [4.78, 5) is 27.2. The van der Waals surface area contributed by atoms with Gasteiger partial charge in [0.2, 0.25) is 5.91 Å². The summed E-state index contributed by atoms with van der Waals surface area (Å²) in [7, 11) is 0. The number of amides is 1. The number of carbonyl (C=O) groups is 1. The van der Waals surface area contributed by atoms with E-state index in [2.05, 4.69) is 4.98 Å². The van der Waals surface area contributed by atoms with E-state index in [1.165, 1.54) is 17.2 Å². The normalized spacial score (nSPS) is 20.5. The van der Waals surface area contributed by atoms with Crippen molar-refractivity contribution in [3.05, 3.63) is 27.6 Å². The van der Waals surface area contributed by atoms with Gasteiger partial charge in [0.05, 0.1) is 5.02 Å². The fourth-order valence-electron chi connectivity index (χ4n) is 1.82. The van der Waals surface area contributed by atoms with Crippen molar-refractivity contribution in [2.75, 3.05) is 18.0 Å². The highest BCUT2D eigenvalue weighted by atomic mass is 35.5. The quantitative estimate of drug-likeness (QED) is 0.784. The molecule has 0 spiro atoms. The molecular weight excluding hydrogens is 230 g/mol. The molecule has 16 heavy (non-hydrogen) atoms. The number of carbonyl (C=O) groups excluding carboxylic acids is 1. The van der Waals surface area contributed by atoms with E-state index in [9.17, 15) is 9.59 Å². The Labute approximate surface area is 97.2 Å². The SMILES string of the molecule is NCC1CC(=O)N(c2cc(Cl)c[nH]c2=O)C1. The van der Waals surface area contributed by atoms with Crippen LogP contribution in [0.4, 0.5) is 5.69 Å². The van der Waals surface area contributed by atoms with Gasteiger partial charge in [-0.05, 0) is 18.5 Å². The first kappa shape index (κ1) is 11.2. The molecule has 1 fully saturated rings. The van der Waals surface area contributed by atoms with Crippen LogP contribution in [0.5, 0.6) is 0 Å². The molecule has 1 amide bonds. The maximum Gasteiger partial charge on any atom is 0.272 e. The van der Waals surface area contributed by atoms with Gasteiger partial charge in [0.1, 0.15) is 5.69 Å². The van der Waals surface area contributed by atoms with Crippen LogP contribution < -0.4 is 16.2 Å². The average Bonchev–Trinajstić information content (AvgIpc) is 2.63. The monoisotopic (exact) mass is 241 g/mol. The molecule has 1 unspecified atom stereocenters.